The molecule has 6 heterocycles. The van der Waals surface area contributed by atoms with Gasteiger partial charge in [-0.1, -0.05) is 0 Å². The normalized spacial score (nSPS) is 22.5. The van der Waals surface area contributed by atoms with E-state index in [4.69, 9.17) is 20.4 Å². The lowest BCUT2D eigenvalue weighted by Crippen LogP contribution is -2.40. The first-order chi connectivity index (χ1) is 21.8. The van der Waals surface area contributed by atoms with Gasteiger partial charge in [0.25, 0.3) is 5.91 Å². The second-order valence-corrected chi connectivity index (χ2v) is 13.2. The molecular formula is C33H38F3N7O3. The van der Waals surface area contributed by atoms with Gasteiger partial charge in [-0.2, -0.15) is 13.2 Å². The molecule has 1 unspecified atom stereocenters. The Morgan fingerprint density at radius 3 is 2.50 bits per heavy atom. The number of rotatable bonds is 8. The van der Waals surface area contributed by atoms with Crippen molar-refractivity contribution in [3.63, 3.8) is 0 Å². The van der Waals surface area contributed by atoms with Gasteiger partial charge in [0, 0.05) is 41.7 Å². The quantitative estimate of drug-likeness (QED) is 0.276. The van der Waals surface area contributed by atoms with E-state index in [-0.39, 0.29) is 24.0 Å². The number of halogens is 3. The molecule has 3 fully saturated rings. The standard InChI is InChI=1S/C33H38F3N7O3/c1-16(33(34,35)36)31(44)38-17(2)24-9-7-20-11-26(41(30(20)39-24)15-19-5-6-19)29-18(3)42-27(40-29)12-21(13-28(42)46-4)32(45)43-22-8-10-25(43)23(37)14-22/h7,9,11-13,16-17,19,22-23,25H,5-6,8,10,14-15,37H2,1-4H3,(H,38,44)/t16?,17-,22+,23-,25-/m1/s1. The number of carbonyl (C=O) groups is 2. The van der Waals surface area contributed by atoms with Gasteiger partial charge in [0.15, 0.2) is 5.88 Å². The smallest absolute Gasteiger partial charge is 0.400 e. The van der Waals surface area contributed by atoms with Gasteiger partial charge in [-0.25, -0.2) is 9.97 Å². The molecule has 1 saturated carbocycles. The Hall–Kier alpha value is -4.13. The van der Waals surface area contributed by atoms with Gasteiger partial charge in [-0.05, 0) is 83.1 Å². The number of imidazole rings is 1. The first-order valence-electron chi connectivity index (χ1n) is 15.9. The molecule has 244 valence electrons. The highest BCUT2D eigenvalue weighted by Gasteiger charge is 2.47. The number of fused-ring (bicyclic) bond motifs is 4. The number of hydrogen-bond acceptors (Lipinski definition) is 6. The fourth-order valence-electron chi connectivity index (χ4n) is 7.18. The largest absolute Gasteiger partial charge is 0.482 e. The number of amides is 2. The van der Waals surface area contributed by atoms with Crippen LogP contribution in [-0.2, 0) is 11.3 Å². The van der Waals surface area contributed by atoms with Crippen molar-refractivity contribution in [1.29, 1.82) is 0 Å². The van der Waals surface area contributed by atoms with E-state index < -0.39 is 24.0 Å². The maximum atomic E-state index is 13.8. The average Bonchev–Trinajstić information content (AvgIpc) is 3.34. The third kappa shape index (κ3) is 5.08. The summed E-state index contributed by atoms with van der Waals surface area (Å²) in [6, 6.07) is 8.67. The summed E-state index contributed by atoms with van der Waals surface area (Å²) in [6.45, 7) is 5.13. The molecule has 2 aliphatic heterocycles. The molecule has 0 aromatic carbocycles. The zero-order chi connectivity index (χ0) is 32.7. The lowest BCUT2D eigenvalue weighted by molar-refractivity contribution is -0.179. The van der Waals surface area contributed by atoms with Crippen molar-refractivity contribution >= 4 is 28.5 Å². The van der Waals surface area contributed by atoms with E-state index in [0.717, 1.165) is 55.8 Å². The topological polar surface area (TPSA) is 120 Å². The highest BCUT2D eigenvalue weighted by molar-refractivity contribution is 5.97. The Kier molecular flexibility index (Phi) is 7.29. The molecular weight excluding hydrogens is 599 g/mol. The van der Waals surface area contributed by atoms with E-state index in [9.17, 15) is 22.8 Å². The first-order valence-corrected chi connectivity index (χ1v) is 15.9. The van der Waals surface area contributed by atoms with Crippen LogP contribution in [0.15, 0.2) is 30.3 Å². The number of methoxy groups -OCH3 is 1. The molecule has 4 aromatic heterocycles. The van der Waals surface area contributed by atoms with Crippen LogP contribution in [0.25, 0.3) is 28.1 Å². The van der Waals surface area contributed by atoms with Gasteiger partial charge in [0.2, 0.25) is 5.91 Å². The van der Waals surface area contributed by atoms with E-state index in [0.29, 0.717) is 46.6 Å². The number of pyridine rings is 2. The third-order valence-corrected chi connectivity index (χ3v) is 10.0. The van der Waals surface area contributed by atoms with Crippen molar-refractivity contribution in [1.82, 2.24) is 29.2 Å². The summed E-state index contributed by atoms with van der Waals surface area (Å²) in [7, 11) is 1.57. The number of carbonyl (C=O) groups excluding carboxylic acids is 2. The molecule has 0 radical (unpaired) electrons. The van der Waals surface area contributed by atoms with Crippen molar-refractivity contribution in [2.45, 2.75) is 89.8 Å². The second kappa shape index (κ2) is 11.0. The van der Waals surface area contributed by atoms with Crippen molar-refractivity contribution in [3.05, 3.63) is 47.3 Å². The minimum Gasteiger partial charge on any atom is -0.482 e. The molecule has 2 bridgehead atoms. The van der Waals surface area contributed by atoms with Crippen LogP contribution in [-0.4, -0.2) is 67.1 Å². The monoisotopic (exact) mass is 637 g/mol. The highest BCUT2D eigenvalue weighted by Crippen LogP contribution is 2.40. The van der Waals surface area contributed by atoms with Crippen LogP contribution >= 0.6 is 0 Å². The molecule has 5 atom stereocenters. The van der Waals surface area contributed by atoms with E-state index in [2.05, 4.69) is 9.88 Å². The predicted octanol–water partition coefficient (Wildman–Crippen LogP) is 5.16. The predicted molar refractivity (Wildman–Crippen MR) is 165 cm³/mol. The molecule has 3 N–H and O–H groups in total. The Morgan fingerprint density at radius 1 is 1.11 bits per heavy atom. The summed E-state index contributed by atoms with van der Waals surface area (Å²) in [5.74, 6) is -2.31. The fraction of sp³-hybridized carbons (Fsp3) is 0.515. The molecule has 2 saturated heterocycles. The van der Waals surface area contributed by atoms with Crippen LogP contribution in [0.2, 0.25) is 0 Å². The summed E-state index contributed by atoms with van der Waals surface area (Å²) >= 11 is 0. The highest BCUT2D eigenvalue weighted by atomic mass is 19.4. The van der Waals surface area contributed by atoms with Crippen LogP contribution in [0.3, 0.4) is 0 Å². The van der Waals surface area contributed by atoms with E-state index in [1.807, 2.05) is 28.4 Å². The van der Waals surface area contributed by atoms with E-state index >= 15 is 0 Å². The number of hydrogen-bond donors (Lipinski definition) is 2. The van der Waals surface area contributed by atoms with E-state index in [1.165, 1.54) is 0 Å². The Morgan fingerprint density at radius 2 is 1.87 bits per heavy atom. The number of aryl methyl sites for hydroxylation is 1. The van der Waals surface area contributed by atoms with E-state index in [1.54, 1.807) is 32.2 Å². The van der Waals surface area contributed by atoms with Crippen LogP contribution in [0.5, 0.6) is 5.88 Å². The van der Waals surface area contributed by atoms with Gasteiger partial charge in [0.1, 0.15) is 22.9 Å². The minimum absolute atomic E-state index is 0.00109. The molecule has 13 heteroatoms. The van der Waals surface area contributed by atoms with Gasteiger partial charge in [-0.3, -0.25) is 14.0 Å². The van der Waals surface area contributed by atoms with Gasteiger partial charge in [0.05, 0.1) is 30.2 Å². The molecule has 10 nitrogen and oxygen atoms in total. The first kappa shape index (κ1) is 30.5. The van der Waals surface area contributed by atoms with Crippen LogP contribution in [0, 0.1) is 18.8 Å². The number of nitrogens with zero attached hydrogens (tertiary/aromatic N) is 5. The molecule has 3 aliphatic rings. The Balaban J connectivity index is 1.27. The number of ether oxygens (including phenoxy) is 1. The third-order valence-electron chi connectivity index (χ3n) is 10.0. The minimum atomic E-state index is -4.63. The molecule has 7 rings (SSSR count). The average molecular weight is 638 g/mol. The molecule has 0 spiro atoms. The lowest BCUT2D eigenvalue weighted by Gasteiger charge is -2.23. The second-order valence-electron chi connectivity index (χ2n) is 13.2. The SMILES string of the molecule is COc1cc(C(=O)N2[C@H]3CC[C@@H]2[C@H](N)C3)cc2nc(-c3cc4ccc([C@@H](C)NC(=O)C(C)C(F)(F)F)nc4n3CC3CC3)c(C)n12. The number of alkyl halides is 3. The maximum absolute atomic E-state index is 13.8. The molecule has 1 aliphatic carbocycles. The Bertz CT molecular complexity index is 1860. The fourth-order valence-corrected chi connectivity index (χ4v) is 7.18. The van der Waals surface area contributed by atoms with Crippen molar-refractivity contribution < 1.29 is 27.5 Å². The maximum Gasteiger partial charge on any atom is 0.400 e. The summed E-state index contributed by atoms with van der Waals surface area (Å²) in [6.07, 6.45) is 0.261. The summed E-state index contributed by atoms with van der Waals surface area (Å²) < 4.78 is 49.2. The summed E-state index contributed by atoms with van der Waals surface area (Å²) in [5, 5.41) is 3.31. The lowest BCUT2D eigenvalue weighted by atomic mass is 9.97. The van der Waals surface area contributed by atoms with Crippen LogP contribution in [0.1, 0.15) is 73.7 Å². The number of aromatic nitrogens is 4. The number of nitrogens with two attached hydrogens (primary N) is 1. The van der Waals surface area contributed by atoms with Crippen LogP contribution < -0.4 is 15.8 Å². The van der Waals surface area contributed by atoms with Crippen LogP contribution in [0.4, 0.5) is 13.2 Å². The Labute approximate surface area is 264 Å². The zero-order valence-electron chi connectivity index (χ0n) is 26.3. The summed E-state index contributed by atoms with van der Waals surface area (Å²) in [4.78, 5) is 37.9. The molecule has 46 heavy (non-hydrogen) atoms. The van der Waals surface area contributed by atoms with Crippen molar-refractivity contribution in [2.75, 3.05) is 7.11 Å². The summed E-state index contributed by atoms with van der Waals surface area (Å²) in [5.41, 5.74) is 10.9. The molecule has 4 aromatic rings. The zero-order valence-corrected chi connectivity index (χ0v) is 26.3. The van der Waals surface area contributed by atoms with Gasteiger partial charge in [-0.15, -0.1) is 0 Å². The van der Waals surface area contributed by atoms with Gasteiger partial charge >= 0.3 is 6.18 Å². The van der Waals surface area contributed by atoms with Crippen molar-refractivity contribution in [3.8, 4) is 17.3 Å². The van der Waals surface area contributed by atoms with Crippen molar-refractivity contribution in [2.24, 2.45) is 17.6 Å². The molecule has 2 amide bonds. The number of nitrogens with one attached hydrogen (secondary N) is 1. The van der Waals surface area contributed by atoms with Gasteiger partial charge < -0.3 is 25.3 Å².